The molecule has 2 rings (SSSR count). The van der Waals surface area contributed by atoms with Crippen LogP contribution in [0.4, 0.5) is 4.79 Å². The molecule has 1 aliphatic carbocycles. The summed E-state index contributed by atoms with van der Waals surface area (Å²) in [5.41, 5.74) is 0.679. The lowest BCUT2D eigenvalue weighted by Gasteiger charge is -2.39. The minimum Gasteiger partial charge on any atom is -0.463 e. The number of rotatable bonds is 1. The Morgan fingerprint density at radius 2 is 2.15 bits per heavy atom. The second kappa shape index (κ2) is 5.46. The third-order valence-corrected chi connectivity index (χ3v) is 3.72. The third-order valence-electron chi connectivity index (χ3n) is 3.72. The molecule has 1 aliphatic heterocycles. The van der Waals surface area contributed by atoms with Crippen LogP contribution in [0.25, 0.3) is 0 Å². The number of hydrogen-bond donors (Lipinski definition) is 1. The summed E-state index contributed by atoms with van der Waals surface area (Å²) in [6, 6.07) is -0.170. The summed E-state index contributed by atoms with van der Waals surface area (Å²) < 4.78 is 10.5. The van der Waals surface area contributed by atoms with Gasteiger partial charge in [0.15, 0.2) is 0 Å². The first kappa shape index (κ1) is 14.9. The van der Waals surface area contributed by atoms with Crippen molar-refractivity contribution in [1.82, 2.24) is 5.32 Å². The predicted octanol–water partition coefficient (Wildman–Crippen LogP) is 2.41. The van der Waals surface area contributed by atoms with Crippen molar-refractivity contribution < 1.29 is 19.1 Å². The van der Waals surface area contributed by atoms with Crippen LogP contribution >= 0.6 is 0 Å². The van der Waals surface area contributed by atoms with Gasteiger partial charge in [-0.05, 0) is 46.5 Å². The molecule has 20 heavy (non-hydrogen) atoms. The smallest absolute Gasteiger partial charge is 0.408 e. The van der Waals surface area contributed by atoms with E-state index >= 15 is 0 Å². The summed E-state index contributed by atoms with van der Waals surface area (Å²) in [5.74, 6) is -0.189. The molecule has 1 fully saturated rings. The van der Waals surface area contributed by atoms with Gasteiger partial charge in [0.05, 0.1) is 12.0 Å². The van der Waals surface area contributed by atoms with Crippen molar-refractivity contribution in [2.45, 2.75) is 52.2 Å². The van der Waals surface area contributed by atoms with E-state index in [0.717, 1.165) is 12.8 Å². The number of alkyl carbamates (subject to hydrolysis) is 1. The predicted molar refractivity (Wildman–Crippen MR) is 74.1 cm³/mol. The van der Waals surface area contributed by atoms with E-state index in [4.69, 9.17) is 9.47 Å². The number of carbonyl (C=O) groups is 2. The van der Waals surface area contributed by atoms with Crippen LogP contribution in [0.1, 0.15) is 40.5 Å². The van der Waals surface area contributed by atoms with Crippen LogP contribution in [0.5, 0.6) is 0 Å². The molecule has 0 aromatic rings. The van der Waals surface area contributed by atoms with Gasteiger partial charge in [0.1, 0.15) is 12.2 Å². The molecule has 0 unspecified atom stereocenters. The summed E-state index contributed by atoms with van der Waals surface area (Å²) in [6.45, 7) is 7.72. The lowest BCUT2D eigenvalue weighted by Crippen LogP contribution is -2.53. The summed E-state index contributed by atoms with van der Waals surface area (Å²) >= 11 is 0. The highest BCUT2D eigenvalue weighted by Crippen LogP contribution is 2.35. The lowest BCUT2D eigenvalue weighted by molar-refractivity contribution is -0.159. The van der Waals surface area contributed by atoms with Crippen molar-refractivity contribution in [3.05, 3.63) is 11.6 Å². The second-order valence-corrected chi connectivity index (χ2v) is 6.64. The average molecular weight is 281 g/mol. The van der Waals surface area contributed by atoms with Gasteiger partial charge < -0.3 is 14.8 Å². The third kappa shape index (κ3) is 3.52. The number of nitrogens with one attached hydrogen (secondary N) is 1. The van der Waals surface area contributed by atoms with Gasteiger partial charge in [-0.3, -0.25) is 4.79 Å². The first-order valence-electron chi connectivity index (χ1n) is 7.08. The van der Waals surface area contributed by atoms with Crippen LogP contribution in [0.3, 0.4) is 0 Å². The Kier molecular flexibility index (Phi) is 4.06. The van der Waals surface area contributed by atoms with Crippen molar-refractivity contribution in [2.24, 2.45) is 11.8 Å². The Labute approximate surface area is 119 Å². The van der Waals surface area contributed by atoms with Crippen LogP contribution in [0.15, 0.2) is 11.6 Å². The van der Waals surface area contributed by atoms with Crippen molar-refractivity contribution in [2.75, 3.05) is 6.61 Å². The maximum atomic E-state index is 11.9. The fourth-order valence-electron chi connectivity index (χ4n) is 2.80. The molecule has 1 heterocycles. The van der Waals surface area contributed by atoms with Crippen LogP contribution in [0, 0.1) is 11.8 Å². The van der Waals surface area contributed by atoms with Crippen LogP contribution in [0.2, 0.25) is 0 Å². The van der Waals surface area contributed by atoms with Crippen molar-refractivity contribution in [3.63, 3.8) is 0 Å². The zero-order chi connectivity index (χ0) is 14.9. The molecule has 2 aliphatic rings. The second-order valence-electron chi connectivity index (χ2n) is 6.64. The highest BCUT2D eigenvalue weighted by molar-refractivity contribution is 5.75. The van der Waals surface area contributed by atoms with Crippen molar-refractivity contribution >= 4 is 12.1 Å². The zero-order valence-corrected chi connectivity index (χ0v) is 12.6. The number of amides is 1. The molecule has 0 saturated carbocycles. The van der Waals surface area contributed by atoms with Gasteiger partial charge in [0.25, 0.3) is 0 Å². The van der Waals surface area contributed by atoms with Crippen LogP contribution < -0.4 is 5.32 Å². The molecule has 1 saturated heterocycles. The highest BCUT2D eigenvalue weighted by Gasteiger charge is 2.42. The summed E-state index contributed by atoms with van der Waals surface area (Å²) in [6.07, 6.45) is 3.21. The van der Waals surface area contributed by atoms with E-state index in [-0.39, 0.29) is 30.5 Å². The summed E-state index contributed by atoms with van der Waals surface area (Å²) in [4.78, 5) is 23.7. The van der Waals surface area contributed by atoms with E-state index in [0.29, 0.717) is 0 Å². The van der Waals surface area contributed by atoms with E-state index in [1.807, 2.05) is 27.7 Å². The number of hydrogen-bond acceptors (Lipinski definition) is 4. The number of carbonyl (C=O) groups excluding carboxylic acids is 2. The van der Waals surface area contributed by atoms with Crippen LogP contribution in [-0.4, -0.2) is 30.3 Å². The lowest BCUT2D eigenvalue weighted by atomic mass is 9.75. The summed E-state index contributed by atoms with van der Waals surface area (Å²) in [7, 11) is 0. The van der Waals surface area contributed by atoms with E-state index in [2.05, 4.69) is 11.4 Å². The monoisotopic (exact) mass is 281 g/mol. The molecule has 0 spiro atoms. The number of allylic oxidation sites excluding steroid dienone is 2. The Hall–Kier alpha value is -1.52. The SMILES string of the molecule is CC1=CC[C@H]2[C@H](NC(=O)OC(C)(C)C)COC(=O)[C@@H]2C1. The Balaban J connectivity index is 2.02. The summed E-state index contributed by atoms with van der Waals surface area (Å²) in [5, 5.41) is 2.84. The quantitative estimate of drug-likeness (QED) is 0.592. The fourth-order valence-corrected chi connectivity index (χ4v) is 2.80. The molecule has 0 aromatic heterocycles. The van der Waals surface area contributed by atoms with Gasteiger partial charge in [-0.1, -0.05) is 11.6 Å². The molecular formula is C15H23NO4. The molecule has 0 bridgehead atoms. The molecular weight excluding hydrogens is 258 g/mol. The molecule has 3 atom stereocenters. The fraction of sp³-hybridized carbons (Fsp3) is 0.733. The van der Waals surface area contributed by atoms with Gasteiger partial charge in [0.2, 0.25) is 0 Å². The number of ether oxygens (including phenoxy) is 2. The molecule has 0 aromatic carbocycles. The van der Waals surface area contributed by atoms with Gasteiger partial charge in [0, 0.05) is 0 Å². The first-order valence-corrected chi connectivity index (χ1v) is 7.08. The standard InChI is InChI=1S/C15H23NO4/c1-9-5-6-10-11(7-9)13(17)19-8-12(10)16-14(18)20-15(2,3)4/h5,10-12H,6-8H2,1-4H3,(H,16,18)/t10-,11-,12-/m1/s1. The Bertz CT molecular complexity index is 436. The van der Waals surface area contributed by atoms with E-state index < -0.39 is 11.7 Å². The van der Waals surface area contributed by atoms with Gasteiger partial charge in [-0.2, -0.15) is 0 Å². The van der Waals surface area contributed by atoms with Crippen molar-refractivity contribution in [3.8, 4) is 0 Å². The molecule has 0 radical (unpaired) electrons. The maximum Gasteiger partial charge on any atom is 0.408 e. The molecule has 5 heteroatoms. The van der Waals surface area contributed by atoms with Gasteiger partial charge in [-0.25, -0.2) is 4.79 Å². The van der Waals surface area contributed by atoms with Crippen molar-refractivity contribution in [1.29, 1.82) is 0 Å². The van der Waals surface area contributed by atoms with Crippen LogP contribution in [-0.2, 0) is 14.3 Å². The van der Waals surface area contributed by atoms with E-state index in [9.17, 15) is 9.59 Å². The maximum absolute atomic E-state index is 11.9. The zero-order valence-electron chi connectivity index (χ0n) is 12.6. The number of esters is 1. The molecule has 1 N–H and O–H groups in total. The Morgan fingerprint density at radius 3 is 2.80 bits per heavy atom. The van der Waals surface area contributed by atoms with Gasteiger partial charge in [-0.15, -0.1) is 0 Å². The van der Waals surface area contributed by atoms with E-state index in [1.54, 1.807) is 0 Å². The molecule has 5 nitrogen and oxygen atoms in total. The average Bonchev–Trinajstić information content (AvgIpc) is 2.30. The minimum atomic E-state index is -0.530. The number of cyclic esters (lactones) is 1. The topological polar surface area (TPSA) is 64.6 Å². The molecule has 112 valence electrons. The normalized spacial score (nSPS) is 29.9. The largest absolute Gasteiger partial charge is 0.463 e. The highest BCUT2D eigenvalue weighted by atomic mass is 16.6. The Morgan fingerprint density at radius 1 is 1.45 bits per heavy atom. The molecule has 1 amide bonds. The number of fused-ring (bicyclic) bond motifs is 1. The minimum absolute atomic E-state index is 0.104. The first-order chi connectivity index (χ1) is 9.26. The van der Waals surface area contributed by atoms with E-state index in [1.165, 1.54) is 5.57 Å². The van der Waals surface area contributed by atoms with Gasteiger partial charge >= 0.3 is 12.1 Å².